The van der Waals surface area contributed by atoms with E-state index in [0.717, 1.165) is 9.35 Å². The predicted octanol–water partition coefficient (Wildman–Crippen LogP) is 3.20. The molecule has 0 radical (unpaired) electrons. The van der Waals surface area contributed by atoms with Crippen molar-refractivity contribution in [1.82, 2.24) is 4.98 Å². The molecule has 0 aliphatic rings. The highest BCUT2D eigenvalue weighted by molar-refractivity contribution is 9.10. The first-order chi connectivity index (χ1) is 6.68. The molecule has 0 aromatic carbocycles. The van der Waals surface area contributed by atoms with Crippen LogP contribution in [0.2, 0.25) is 0 Å². The summed E-state index contributed by atoms with van der Waals surface area (Å²) in [7, 11) is 0. The summed E-state index contributed by atoms with van der Waals surface area (Å²) < 4.78 is 0.962. The van der Waals surface area contributed by atoms with E-state index in [9.17, 15) is 4.79 Å². The normalized spacial score (nSPS) is 10.4. The Balaban J connectivity index is 2.51. The van der Waals surface area contributed by atoms with Gasteiger partial charge in [0.25, 0.3) is 0 Å². The van der Waals surface area contributed by atoms with Gasteiger partial charge in [-0.2, -0.15) is 0 Å². The second-order valence-corrected chi connectivity index (χ2v) is 4.53. The monoisotopic (exact) mass is 271 g/mol. The summed E-state index contributed by atoms with van der Waals surface area (Å²) in [5.41, 5.74) is 0.965. The van der Waals surface area contributed by atoms with Gasteiger partial charge in [0.05, 0.1) is 16.1 Å². The molecule has 0 atom stereocenters. The zero-order chi connectivity index (χ0) is 10.1. The summed E-state index contributed by atoms with van der Waals surface area (Å²) in [6, 6.07) is 3.45. The Morgan fingerprint density at radius 2 is 2.36 bits per heavy atom. The minimum Gasteiger partial charge on any atom is -0.478 e. The zero-order valence-electron chi connectivity index (χ0n) is 6.95. The van der Waals surface area contributed by atoms with E-state index in [2.05, 4.69) is 20.9 Å². The molecule has 0 saturated heterocycles. The van der Waals surface area contributed by atoms with Crippen molar-refractivity contribution in [2.45, 2.75) is 0 Å². The van der Waals surface area contributed by atoms with E-state index < -0.39 is 5.97 Å². The summed E-state index contributed by atoms with van der Waals surface area (Å²) in [6.45, 7) is 0. The smallest absolute Gasteiger partial charge is 0.337 e. The van der Waals surface area contributed by atoms with Crippen molar-refractivity contribution in [2.24, 2.45) is 0 Å². The van der Waals surface area contributed by atoms with Gasteiger partial charge in [0.1, 0.15) is 0 Å². The lowest BCUT2D eigenvalue weighted by Gasteiger charge is -1.95. The van der Waals surface area contributed by atoms with Crippen LogP contribution in [0.5, 0.6) is 0 Å². The Bertz CT molecular complexity index is 475. The number of carboxylic acids is 1. The van der Waals surface area contributed by atoms with Crippen LogP contribution in [0.1, 0.15) is 10.4 Å². The van der Waals surface area contributed by atoms with Crippen LogP contribution in [0, 0.1) is 0 Å². The van der Waals surface area contributed by atoms with Gasteiger partial charge in [-0.15, -0.1) is 11.3 Å². The van der Waals surface area contributed by atoms with Crippen molar-refractivity contribution in [2.75, 3.05) is 0 Å². The first kappa shape index (κ1) is 9.48. The predicted molar refractivity (Wildman–Crippen MR) is 58.8 cm³/mol. The first-order valence-electron chi connectivity index (χ1n) is 3.83. The number of rotatable bonds is 2. The summed E-state index contributed by atoms with van der Waals surface area (Å²) in [4.78, 5) is 14.7. The number of hydrogen-bond donors (Lipinski definition) is 2. The SMILES string of the molecule is O=C(O)c1cc[nH]c1-c1cc(Br)cs1. The summed E-state index contributed by atoms with van der Waals surface area (Å²) in [5, 5.41) is 10.8. The number of aromatic carboxylic acids is 1. The van der Waals surface area contributed by atoms with Crippen LogP contribution in [0.15, 0.2) is 28.2 Å². The van der Waals surface area contributed by atoms with E-state index in [1.54, 1.807) is 12.3 Å². The van der Waals surface area contributed by atoms with Gasteiger partial charge in [-0.3, -0.25) is 0 Å². The fourth-order valence-corrected chi connectivity index (χ4v) is 2.65. The van der Waals surface area contributed by atoms with E-state index in [1.807, 2.05) is 11.4 Å². The Kier molecular flexibility index (Phi) is 2.43. The number of carbonyl (C=O) groups is 1. The van der Waals surface area contributed by atoms with Gasteiger partial charge in [-0.05, 0) is 28.1 Å². The quantitative estimate of drug-likeness (QED) is 0.882. The Labute approximate surface area is 92.5 Å². The fraction of sp³-hybridized carbons (Fsp3) is 0. The Morgan fingerprint density at radius 1 is 1.57 bits per heavy atom. The number of halogens is 1. The maximum absolute atomic E-state index is 10.8. The van der Waals surface area contributed by atoms with Crippen LogP contribution in [0.4, 0.5) is 0 Å². The minimum atomic E-state index is -0.911. The molecule has 0 spiro atoms. The average Bonchev–Trinajstić information content (AvgIpc) is 2.70. The van der Waals surface area contributed by atoms with Gasteiger partial charge in [0, 0.05) is 16.0 Å². The molecule has 72 valence electrons. The van der Waals surface area contributed by atoms with Gasteiger partial charge < -0.3 is 10.1 Å². The molecular weight excluding hydrogens is 266 g/mol. The van der Waals surface area contributed by atoms with Crippen molar-refractivity contribution in [3.63, 3.8) is 0 Å². The zero-order valence-corrected chi connectivity index (χ0v) is 9.35. The highest BCUT2D eigenvalue weighted by Gasteiger charge is 2.13. The molecule has 0 fully saturated rings. The topological polar surface area (TPSA) is 53.1 Å². The number of nitrogens with one attached hydrogen (secondary N) is 1. The maximum atomic E-state index is 10.8. The standard InChI is InChI=1S/C9H6BrNO2S/c10-5-3-7(14-4-5)8-6(9(12)13)1-2-11-8/h1-4,11H,(H,12,13). The molecule has 2 rings (SSSR count). The van der Waals surface area contributed by atoms with Crippen LogP contribution >= 0.6 is 27.3 Å². The largest absolute Gasteiger partial charge is 0.478 e. The van der Waals surface area contributed by atoms with Crippen molar-refractivity contribution in [1.29, 1.82) is 0 Å². The lowest BCUT2D eigenvalue weighted by atomic mass is 10.2. The number of aromatic nitrogens is 1. The van der Waals surface area contributed by atoms with Gasteiger partial charge >= 0.3 is 5.97 Å². The number of hydrogen-bond acceptors (Lipinski definition) is 2. The van der Waals surface area contributed by atoms with E-state index in [-0.39, 0.29) is 0 Å². The van der Waals surface area contributed by atoms with Crippen molar-refractivity contribution in [3.05, 3.63) is 33.7 Å². The second-order valence-electron chi connectivity index (χ2n) is 2.70. The van der Waals surface area contributed by atoms with Gasteiger partial charge in [0.2, 0.25) is 0 Å². The Morgan fingerprint density at radius 3 is 2.93 bits per heavy atom. The molecule has 2 N–H and O–H groups in total. The van der Waals surface area contributed by atoms with Crippen molar-refractivity contribution in [3.8, 4) is 10.6 Å². The lowest BCUT2D eigenvalue weighted by molar-refractivity contribution is 0.0698. The highest BCUT2D eigenvalue weighted by Crippen LogP contribution is 2.30. The summed E-state index contributed by atoms with van der Waals surface area (Å²) in [5.74, 6) is -0.911. The van der Waals surface area contributed by atoms with Crippen LogP contribution < -0.4 is 0 Å². The third kappa shape index (κ3) is 1.60. The van der Waals surface area contributed by atoms with Gasteiger partial charge in [-0.25, -0.2) is 4.79 Å². The minimum absolute atomic E-state index is 0.305. The molecule has 0 aliphatic heterocycles. The third-order valence-corrected chi connectivity index (χ3v) is 3.50. The molecule has 2 heterocycles. The fourth-order valence-electron chi connectivity index (χ4n) is 1.20. The first-order valence-corrected chi connectivity index (χ1v) is 5.51. The molecule has 5 heteroatoms. The number of H-pyrrole nitrogens is 1. The molecule has 2 aromatic rings. The van der Waals surface area contributed by atoms with E-state index in [4.69, 9.17) is 5.11 Å². The van der Waals surface area contributed by atoms with Crippen molar-refractivity contribution >= 4 is 33.2 Å². The van der Waals surface area contributed by atoms with E-state index in [1.165, 1.54) is 11.3 Å². The molecule has 0 bridgehead atoms. The molecule has 0 amide bonds. The van der Waals surface area contributed by atoms with E-state index in [0.29, 0.717) is 11.3 Å². The summed E-state index contributed by atoms with van der Waals surface area (Å²) in [6.07, 6.45) is 1.63. The maximum Gasteiger partial charge on any atom is 0.337 e. The van der Waals surface area contributed by atoms with Crippen LogP contribution in [-0.4, -0.2) is 16.1 Å². The molecule has 0 unspecified atom stereocenters. The van der Waals surface area contributed by atoms with Gasteiger partial charge in [-0.1, -0.05) is 0 Å². The lowest BCUT2D eigenvalue weighted by Crippen LogP contribution is -1.95. The molecular formula is C9H6BrNO2S. The molecule has 2 aromatic heterocycles. The highest BCUT2D eigenvalue weighted by atomic mass is 79.9. The molecule has 14 heavy (non-hydrogen) atoms. The van der Waals surface area contributed by atoms with Crippen molar-refractivity contribution < 1.29 is 9.90 Å². The van der Waals surface area contributed by atoms with Crippen LogP contribution in [0.3, 0.4) is 0 Å². The molecule has 0 saturated carbocycles. The summed E-state index contributed by atoms with van der Waals surface area (Å²) >= 11 is 4.83. The number of aromatic amines is 1. The third-order valence-electron chi connectivity index (χ3n) is 1.79. The molecule has 0 aliphatic carbocycles. The number of carboxylic acid groups (broad SMARTS) is 1. The van der Waals surface area contributed by atoms with Crippen LogP contribution in [-0.2, 0) is 0 Å². The van der Waals surface area contributed by atoms with Crippen LogP contribution in [0.25, 0.3) is 10.6 Å². The second kappa shape index (κ2) is 3.59. The van der Waals surface area contributed by atoms with Gasteiger partial charge in [0.15, 0.2) is 0 Å². The number of thiophene rings is 1. The Hall–Kier alpha value is -1.07. The van der Waals surface area contributed by atoms with E-state index >= 15 is 0 Å². The molecule has 3 nitrogen and oxygen atoms in total. The average molecular weight is 272 g/mol.